The number of fused-ring (bicyclic) bond motifs is 1. The van der Waals surface area contributed by atoms with Gasteiger partial charge in [-0.15, -0.1) is 0 Å². The van der Waals surface area contributed by atoms with Gasteiger partial charge in [-0.2, -0.15) is 0 Å². The van der Waals surface area contributed by atoms with Gasteiger partial charge in [0.15, 0.2) is 0 Å². The monoisotopic (exact) mass is 335 g/mol. The molecule has 2 aliphatic heterocycles. The molecule has 2 aromatic carbocycles. The van der Waals surface area contributed by atoms with Crippen molar-refractivity contribution in [3.63, 3.8) is 0 Å². The fourth-order valence-electron chi connectivity index (χ4n) is 3.87. The molecule has 0 saturated carbocycles. The Hall–Kier alpha value is -2.17. The molecule has 0 spiro atoms. The number of hydrogen-bond acceptors (Lipinski definition) is 3. The number of likely N-dealkylation sites (tertiary alicyclic amines) is 1. The van der Waals surface area contributed by atoms with E-state index in [1.807, 2.05) is 12.1 Å². The van der Waals surface area contributed by atoms with E-state index in [1.165, 1.54) is 42.6 Å². The van der Waals surface area contributed by atoms with Crippen LogP contribution in [0, 0.1) is 0 Å². The minimum Gasteiger partial charge on any atom is -0.325 e. The Labute approximate surface area is 149 Å². The summed E-state index contributed by atoms with van der Waals surface area (Å²) in [5, 5.41) is 3.06. The summed E-state index contributed by atoms with van der Waals surface area (Å²) in [6.07, 6.45) is 2.60. The second-order valence-corrected chi connectivity index (χ2v) is 7.15. The first-order chi connectivity index (χ1) is 12.3. The van der Waals surface area contributed by atoms with E-state index in [1.54, 1.807) is 0 Å². The van der Waals surface area contributed by atoms with Crippen LogP contribution in [0.4, 0.5) is 5.69 Å². The van der Waals surface area contributed by atoms with Gasteiger partial charge >= 0.3 is 0 Å². The second-order valence-electron chi connectivity index (χ2n) is 7.15. The van der Waals surface area contributed by atoms with Crippen molar-refractivity contribution >= 4 is 11.6 Å². The lowest BCUT2D eigenvalue weighted by Crippen LogP contribution is -2.29. The summed E-state index contributed by atoms with van der Waals surface area (Å²) < 4.78 is 0. The number of benzene rings is 2. The van der Waals surface area contributed by atoms with Gasteiger partial charge in [0.1, 0.15) is 0 Å². The van der Waals surface area contributed by atoms with Crippen LogP contribution in [-0.4, -0.2) is 35.3 Å². The number of nitrogens with one attached hydrogen (secondary N) is 1. The molecule has 2 heterocycles. The van der Waals surface area contributed by atoms with Crippen LogP contribution in [0.2, 0.25) is 0 Å². The SMILES string of the molecule is O=C(CN1Cc2ccccc2C1)Nc1cccc(CN2CCCC2)c1. The summed E-state index contributed by atoms with van der Waals surface area (Å²) in [7, 11) is 0. The number of amides is 1. The topological polar surface area (TPSA) is 35.6 Å². The predicted octanol–water partition coefficient (Wildman–Crippen LogP) is 3.24. The number of carbonyl (C=O) groups excluding carboxylic acids is 1. The van der Waals surface area contributed by atoms with Gasteiger partial charge in [-0.25, -0.2) is 0 Å². The van der Waals surface area contributed by atoms with Crippen LogP contribution in [0.25, 0.3) is 0 Å². The highest BCUT2D eigenvalue weighted by Gasteiger charge is 2.20. The first-order valence-electron chi connectivity index (χ1n) is 9.16. The Bertz CT molecular complexity index is 727. The van der Waals surface area contributed by atoms with Crippen molar-refractivity contribution < 1.29 is 4.79 Å². The average molecular weight is 335 g/mol. The van der Waals surface area contributed by atoms with Crippen molar-refractivity contribution in [2.24, 2.45) is 0 Å². The van der Waals surface area contributed by atoms with E-state index in [4.69, 9.17) is 0 Å². The average Bonchev–Trinajstić information content (AvgIpc) is 3.23. The van der Waals surface area contributed by atoms with E-state index in [0.717, 1.165) is 25.3 Å². The van der Waals surface area contributed by atoms with Gasteiger partial charge in [0.05, 0.1) is 6.54 Å². The Morgan fingerprint density at radius 2 is 1.64 bits per heavy atom. The maximum absolute atomic E-state index is 12.4. The maximum Gasteiger partial charge on any atom is 0.238 e. The van der Waals surface area contributed by atoms with Crippen molar-refractivity contribution in [2.45, 2.75) is 32.5 Å². The minimum atomic E-state index is 0.0612. The van der Waals surface area contributed by atoms with Gasteiger partial charge < -0.3 is 5.32 Å². The number of carbonyl (C=O) groups is 1. The fourth-order valence-corrected chi connectivity index (χ4v) is 3.87. The molecule has 0 radical (unpaired) electrons. The molecule has 1 N–H and O–H groups in total. The third-order valence-corrected chi connectivity index (χ3v) is 5.09. The van der Waals surface area contributed by atoms with Crippen molar-refractivity contribution in [3.05, 3.63) is 65.2 Å². The van der Waals surface area contributed by atoms with Gasteiger partial charge in [0.25, 0.3) is 0 Å². The zero-order valence-corrected chi connectivity index (χ0v) is 14.6. The largest absolute Gasteiger partial charge is 0.325 e. The van der Waals surface area contributed by atoms with Crippen LogP contribution >= 0.6 is 0 Å². The highest BCUT2D eigenvalue weighted by molar-refractivity contribution is 5.92. The first kappa shape index (κ1) is 16.3. The summed E-state index contributed by atoms with van der Waals surface area (Å²) in [5.41, 5.74) is 4.84. The summed E-state index contributed by atoms with van der Waals surface area (Å²) >= 11 is 0. The molecular weight excluding hydrogens is 310 g/mol. The Kier molecular flexibility index (Phi) is 4.81. The molecule has 130 valence electrons. The normalized spacial score (nSPS) is 17.6. The summed E-state index contributed by atoms with van der Waals surface area (Å²) in [6, 6.07) is 16.7. The zero-order chi connectivity index (χ0) is 17.1. The number of nitrogens with zero attached hydrogens (tertiary/aromatic N) is 2. The molecule has 1 amide bonds. The van der Waals surface area contributed by atoms with Crippen molar-refractivity contribution in [2.75, 3.05) is 25.0 Å². The molecule has 0 unspecified atom stereocenters. The molecule has 1 fully saturated rings. The lowest BCUT2D eigenvalue weighted by atomic mass is 10.1. The molecular formula is C21H25N3O. The van der Waals surface area contributed by atoms with Gasteiger partial charge in [0.2, 0.25) is 5.91 Å². The van der Waals surface area contributed by atoms with E-state index in [2.05, 4.69) is 51.5 Å². The molecule has 0 aliphatic carbocycles. The van der Waals surface area contributed by atoms with E-state index in [9.17, 15) is 4.79 Å². The Morgan fingerprint density at radius 3 is 2.36 bits per heavy atom. The lowest BCUT2D eigenvalue weighted by molar-refractivity contribution is -0.117. The smallest absolute Gasteiger partial charge is 0.238 e. The Balaban J connectivity index is 1.32. The molecule has 0 atom stereocenters. The molecule has 1 saturated heterocycles. The molecule has 2 aliphatic rings. The van der Waals surface area contributed by atoms with Crippen LogP contribution in [0.15, 0.2) is 48.5 Å². The standard InChI is InChI=1S/C21H25N3O/c25-21(16-24-14-18-7-1-2-8-19(18)15-24)22-20-9-5-6-17(12-20)13-23-10-3-4-11-23/h1-2,5-9,12H,3-4,10-11,13-16H2,(H,22,25). The Morgan fingerprint density at radius 1 is 0.920 bits per heavy atom. The fraction of sp³-hybridized carbons (Fsp3) is 0.381. The highest BCUT2D eigenvalue weighted by atomic mass is 16.2. The summed E-state index contributed by atoms with van der Waals surface area (Å²) in [4.78, 5) is 17.1. The third kappa shape index (κ3) is 4.09. The van der Waals surface area contributed by atoms with Gasteiger partial charge in [-0.3, -0.25) is 14.6 Å². The van der Waals surface area contributed by atoms with Crippen LogP contribution in [-0.2, 0) is 24.4 Å². The third-order valence-electron chi connectivity index (χ3n) is 5.09. The first-order valence-corrected chi connectivity index (χ1v) is 9.16. The van der Waals surface area contributed by atoms with E-state index >= 15 is 0 Å². The molecule has 4 rings (SSSR count). The second kappa shape index (κ2) is 7.38. The van der Waals surface area contributed by atoms with Crippen molar-refractivity contribution in [1.29, 1.82) is 0 Å². The lowest BCUT2D eigenvalue weighted by Gasteiger charge is -2.16. The van der Waals surface area contributed by atoms with E-state index < -0.39 is 0 Å². The predicted molar refractivity (Wildman–Crippen MR) is 100 cm³/mol. The van der Waals surface area contributed by atoms with Crippen molar-refractivity contribution in [1.82, 2.24) is 9.80 Å². The molecule has 4 heteroatoms. The van der Waals surface area contributed by atoms with Crippen LogP contribution < -0.4 is 5.32 Å². The zero-order valence-electron chi connectivity index (χ0n) is 14.6. The van der Waals surface area contributed by atoms with Crippen LogP contribution in [0.5, 0.6) is 0 Å². The van der Waals surface area contributed by atoms with Gasteiger partial charge in [0, 0.05) is 25.3 Å². The van der Waals surface area contributed by atoms with Crippen LogP contribution in [0.1, 0.15) is 29.5 Å². The van der Waals surface area contributed by atoms with E-state index in [0.29, 0.717) is 6.54 Å². The van der Waals surface area contributed by atoms with Gasteiger partial charge in [-0.1, -0.05) is 36.4 Å². The number of hydrogen-bond donors (Lipinski definition) is 1. The quantitative estimate of drug-likeness (QED) is 0.911. The number of rotatable bonds is 5. The summed E-state index contributed by atoms with van der Waals surface area (Å²) in [5.74, 6) is 0.0612. The molecule has 2 aromatic rings. The van der Waals surface area contributed by atoms with E-state index in [-0.39, 0.29) is 5.91 Å². The minimum absolute atomic E-state index is 0.0612. The molecule has 25 heavy (non-hydrogen) atoms. The van der Waals surface area contributed by atoms with Crippen LogP contribution in [0.3, 0.4) is 0 Å². The molecule has 4 nitrogen and oxygen atoms in total. The summed E-state index contributed by atoms with van der Waals surface area (Å²) in [6.45, 7) is 5.51. The molecule has 0 aromatic heterocycles. The number of anilines is 1. The van der Waals surface area contributed by atoms with Crippen molar-refractivity contribution in [3.8, 4) is 0 Å². The van der Waals surface area contributed by atoms with Gasteiger partial charge in [-0.05, 0) is 54.8 Å². The maximum atomic E-state index is 12.4. The molecule has 0 bridgehead atoms. The highest BCUT2D eigenvalue weighted by Crippen LogP contribution is 2.22.